The molecular formula is C27H21BrFNO4. The van der Waals surface area contributed by atoms with E-state index in [-0.39, 0.29) is 22.3 Å². The summed E-state index contributed by atoms with van der Waals surface area (Å²) in [6.45, 7) is 2.71. The van der Waals surface area contributed by atoms with Gasteiger partial charge in [0, 0.05) is 10.2 Å². The molecule has 0 aliphatic carbocycles. The Hall–Kier alpha value is -3.45. The molecule has 5 nitrogen and oxygen atoms in total. The lowest BCUT2D eigenvalue weighted by Crippen LogP contribution is -2.29. The van der Waals surface area contributed by atoms with E-state index in [9.17, 15) is 14.0 Å². The van der Waals surface area contributed by atoms with Gasteiger partial charge in [-0.05, 0) is 66.6 Å². The Morgan fingerprint density at radius 2 is 1.76 bits per heavy atom. The van der Waals surface area contributed by atoms with Crippen molar-refractivity contribution in [3.05, 3.63) is 104 Å². The molecule has 3 aromatic carbocycles. The fourth-order valence-corrected chi connectivity index (χ4v) is 4.47. The SMILES string of the molecule is CCCCOc1ccc(C2c3c(oc4ccc(F)cc4c3=O)C(=O)N2c2ccc(Br)cc2)cc1. The van der Waals surface area contributed by atoms with Gasteiger partial charge in [0.15, 0.2) is 5.43 Å². The Labute approximate surface area is 203 Å². The molecule has 172 valence electrons. The third-order valence-electron chi connectivity index (χ3n) is 5.90. The van der Waals surface area contributed by atoms with Gasteiger partial charge < -0.3 is 9.15 Å². The van der Waals surface area contributed by atoms with Crippen LogP contribution in [0, 0.1) is 5.82 Å². The van der Waals surface area contributed by atoms with Gasteiger partial charge in [-0.15, -0.1) is 0 Å². The number of hydrogen-bond acceptors (Lipinski definition) is 4. The maximum absolute atomic E-state index is 13.9. The van der Waals surface area contributed by atoms with E-state index in [0.717, 1.165) is 28.9 Å². The summed E-state index contributed by atoms with van der Waals surface area (Å²) in [4.78, 5) is 28.6. The second-order valence-corrected chi connectivity index (χ2v) is 9.06. The number of fused-ring (bicyclic) bond motifs is 2. The van der Waals surface area contributed by atoms with Crippen LogP contribution in [0.15, 0.2) is 80.4 Å². The van der Waals surface area contributed by atoms with Crippen LogP contribution in [0.1, 0.15) is 47.5 Å². The van der Waals surface area contributed by atoms with Gasteiger partial charge in [0.05, 0.1) is 23.6 Å². The first kappa shape index (κ1) is 22.3. The molecule has 7 heteroatoms. The summed E-state index contributed by atoms with van der Waals surface area (Å²) in [5.41, 5.74) is 1.29. The summed E-state index contributed by atoms with van der Waals surface area (Å²) in [5.74, 6) is -0.280. The smallest absolute Gasteiger partial charge is 0.295 e. The summed E-state index contributed by atoms with van der Waals surface area (Å²) in [5, 5.41) is 0.105. The highest BCUT2D eigenvalue weighted by Gasteiger charge is 2.43. The molecule has 1 atom stereocenters. The number of ether oxygens (including phenoxy) is 1. The zero-order valence-electron chi connectivity index (χ0n) is 18.4. The van der Waals surface area contributed by atoms with Gasteiger partial charge in [0.1, 0.15) is 17.1 Å². The van der Waals surface area contributed by atoms with E-state index < -0.39 is 23.2 Å². The molecule has 34 heavy (non-hydrogen) atoms. The number of halogens is 2. The fourth-order valence-electron chi connectivity index (χ4n) is 4.21. The number of carbonyl (C=O) groups is 1. The first-order valence-corrected chi connectivity index (χ1v) is 11.9. The molecule has 0 spiro atoms. The Balaban J connectivity index is 1.67. The van der Waals surface area contributed by atoms with E-state index in [4.69, 9.17) is 9.15 Å². The molecule has 0 saturated heterocycles. The van der Waals surface area contributed by atoms with Crippen molar-refractivity contribution < 1.29 is 18.3 Å². The predicted molar refractivity (Wildman–Crippen MR) is 132 cm³/mol. The van der Waals surface area contributed by atoms with Gasteiger partial charge >= 0.3 is 0 Å². The van der Waals surface area contributed by atoms with E-state index in [1.54, 1.807) is 17.0 Å². The Kier molecular flexibility index (Phi) is 5.96. The molecule has 1 unspecified atom stereocenters. The Bertz CT molecular complexity index is 1430. The average Bonchev–Trinajstić information content (AvgIpc) is 3.13. The van der Waals surface area contributed by atoms with Gasteiger partial charge in [-0.25, -0.2) is 4.39 Å². The number of carbonyl (C=O) groups excluding carboxylic acids is 1. The highest BCUT2D eigenvalue weighted by molar-refractivity contribution is 9.10. The lowest BCUT2D eigenvalue weighted by molar-refractivity contribution is 0.0971. The maximum atomic E-state index is 13.9. The minimum absolute atomic E-state index is 0.0275. The van der Waals surface area contributed by atoms with Crippen LogP contribution in [0.5, 0.6) is 5.75 Å². The third-order valence-corrected chi connectivity index (χ3v) is 6.43. The first-order valence-electron chi connectivity index (χ1n) is 11.1. The molecule has 1 amide bonds. The van der Waals surface area contributed by atoms with Gasteiger partial charge in [0.2, 0.25) is 5.76 Å². The second kappa shape index (κ2) is 9.06. The fraction of sp³-hybridized carbons (Fsp3) is 0.185. The van der Waals surface area contributed by atoms with E-state index >= 15 is 0 Å². The molecule has 0 N–H and O–H groups in total. The highest BCUT2D eigenvalue weighted by atomic mass is 79.9. The van der Waals surface area contributed by atoms with Gasteiger partial charge in [-0.2, -0.15) is 0 Å². The van der Waals surface area contributed by atoms with Crippen molar-refractivity contribution in [3.63, 3.8) is 0 Å². The minimum Gasteiger partial charge on any atom is -0.494 e. The number of amides is 1. The summed E-state index contributed by atoms with van der Waals surface area (Å²) in [6.07, 6.45) is 1.99. The van der Waals surface area contributed by atoms with Crippen LogP contribution in [0.25, 0.3) is 11.0 Å². The quantitative estimate of drug-likeness (QED) is 0.267. The van der Waals surface area contributed by atoms with Crippen molar-refractivity contribution in [1.82, 2.24) is 0 Å². The number of rotatable bonds is 6. The monoisotopic (exact) mass is 521 g/mol. The lowest BCUT2D eigenvalue weighted by Gasteiger charge is -2.25. The highest BCUT2D eigenvalue weighted by Crippen LogP contribution is 2.41. The van der Waals surface area contributed by atoms with Crippen molar-refractivity contribution in [2.45, 2.75) is 25.8 Å². The maximum Gasteiger partial charge on any atom is 0.295 e. The van der Waals surface area contributed by atoms with E-state index in [0.29, 0.717) is 18.0 Å². The number of anilines is 1. The van der Waals surface area contributed by atoms with Crippen LogP contribution < -0.4 is 15.1 Å². The van der Waals surface area contributed by atoms with Gasteiger partial charge in [-0.1, -0.05) is 41.4 Å². The van der Waals surface area contributed by atoms with Gasteiger partial charge in [-0.3, -0.25) is 14.5 Å². The molecule has 1 aliphatic rings. The first-order chi connectivity index (χ1) is 16.5. The summed E-state index contributed by atoms with van der Waals surface area (Å²) >= 11 is 3.42. The summed E-state index contributed by atoms with van der Waals surface area (Å²) in [7, 11) is 0. The van der Waals surface area contributed by atoms with Crippen molar-refractivity contribution in [2.24, 2.45) is 0 Å². The molecular weight excluding hydrogens is 501 g/mol. The molecule has 1 aromatic heterocycles. The van der Waals surface area contributed by atoms with Crippen LogP contribution in [-0.4, -0.2) is 12.5 Å². The third kappa shape index (κ3) is 3.90. The molecule has 5 rings (SSSR count). The van der Waals surface area contributed by atoms with Crippen molar-refractivity contribution in [3.8, 4) is 5.75 Å². The topological polar surface area (TPSA) is 59.8 Å². The van der Waals surface area contributed by atoms with E-state index in [2.05, 4.69) is 22.9 Å². The molecule has 1 aliphatic heterocycles. The number of unbranched alkanes of at least 4 members (excludes halogenated alkanes) is 1. The van der Waals surface area contributed by atoms with Gasteiger partial charge in [0.25, 0.3) is 5.91 Å². The molecule has 0 radical (unpaired) electrons. The van der Waals surface area contributed by atoms with Crippen LogP contribution in [0.3, 0.4) is 0 Å². The molecule has 0 fully saturated rings. The van der Waals surface area contributed by atoms with Crippen molar-refractivity contribution >= 4 is 38.5 Å². The number of hydrogen-bond donors (Lipinski definition) is 0. The van der Waals surface area contributed by atoms with Crippen LogP contribution in [-0.2, 0) is 0 Å². The molecule has 0 saturated carbocycles. The van der Waals surface area contributed by atoms with Crippen molar-refractivity contribution in [2.75, 3.05) is 11.5 Å². The second-order valence-electron chi connectivity index (χ2n) is 8.14. The Morgan fingerprint density at radius 1 is 1.03 bits per heavy atom. The molecule has 2 heterocycles. The van der Waals surface area contributed by atoms with Crippen LogP contribution >= 0.6 is 15.9 Å². The standard InChI is InChI=1S/C27H21BrFNO4/c1-2-3-14-33-20-11-4-16(5-12-20)24-23-25(31)21-15-18(29)8-13-22(21)34-26(23)27(32)30(24)19-9-6-17(28)7-10-19/h4-13,15,24H,2-3,14H2,1H3. The lowest BCUT2D eigenvalue weighted by atomic mass is 9.98. The minimum atomic E-state index is -0.725. The molecule has 4 aromatic rings. The zero-order chi connectivity index (χ0) is 23.8. The number of benzene rings is 3. The average molecular weight is 522 g/mol. The Morgan fingerprint density at radius 3 is 2.47 bits per heavy atom. The largest absolute Gasteiger partial charge is 0.494 e. The number of nitrogens with zero attached hydrogens (tertiary/aromatic N) is 1. The zero-order valence-corrected chi connectivity index (χ0v) is 20.0. The molecule has 0 bridgehead atoms. The summed E-state index contributed by atoms with van der Waals surface area (Å²) < 4.78 is 26.4. The van der Waals surface area contributed by atoms with E-state index in [1.807, 2.05) is 36.4 Å². The van der Waals surface area contributed by atoms with Crippen LogP contribution in [0.2, 0.25) is 0 Å². The van der Waals surface area contributed by atoms with E-state index in [1.165, 1.54) is 12.1 Å². The summed E-state index contributed by atoms with van der Waals surface area (Å²) in [6, 6.07) is 17.6. The normalized spacial score (nSPS) is 15.1. The van der Waals surface area contributed by atoms with Crippen molar-refractivity contribution in [1.29, 1.82) is 0 Å². The van der Waals surface area contributed by atoms with Crippen LogP contribution in [0.4, 0.5) is 10.1 Å². The predicted octanol–water partition coefficient (Wildman–Crippen LogP) is 6.62.